The number of carbonyl (C=O) groups excluding carboxylic acids is 1. The summed E-state index contributed by atoms with van der Waals surface area (Å²) < 4.78 is 72.7. The van der Waals surface area contributed by atoms with Crippen molar-refractivity contribution in [1.29, 1.82) is 0 Å². The highest BCUT2D eigenvalue weighted by atomic mass is 32.2. The Balaban J connectivity index is 1.93. The first kappa shape index (κ1) is 25.0. The Morgan fingerprint density at radius 3 is 2.35 bits per heavy atom. The summed E-state index contributed by atoms with van der Waals surface area (Å²) in [4.78, 5) is 12.7. The van der Waals surface area contributed by atoms with Crippen molar-refractivity contribution < 1.29 is 26.4 Å². The molecule has 9 heteroatoms. The second kappa shape index (κ2) is 9.15. The number of sulfone groups is 1. The highest BCUT2D eigenvalue weighted by Gasteiger charge is 2.68. The monoisotopic (exact) mass is 496 g/mol. The zero-order valence-electron chi connectivity index (χ0n) is 19.0. The highest BCUT2D eigenvalue weighted by molar-refractivity contribution is 7.91. The molecule has 4 rings (SSSR count). The molecule has 186 valence electrons. The highest BCUT2D eigenvalue weighted by Crippen LogP contribution is 2.64. The smallest absolute Gasteiger partial charge is 0.366 e. The summed E-state index contributed by atoms with van der Waals surface area (Å²) in [6, 6.07) is 7.83. The lowest BCUT2D eigenvalue weighted by Gasteiger charge is -2.55. The third-order valence-electron chi connectivity index (χ3n) is 7.99. The molecule has 1 aromatic rings. The predicted octanol–water partition coefficient (Wildman–Crippen LogP) is 4.17. The standard InChI is InChI=1S/C25H31F3N2O3S/c26-25(27,28)24(18-11-15-30-16-18)14-7-10-20(22(29)31)21(24)23(12-5-2-6-13-23)17-34(32,33)19-8-3-1-4-9-19/h1,3-4,7-10,14,18,21,30H,2,5-6,11-13,15-17H2,(H2,29,31). The molecule has 5 nitrogen and oxygen atoms in total. The van der Waals surface area contributed by atoms with Gasteiger partial charge in [-0.05, 0) is 55.8 Å². The van der Waals surface area contributed by atoms with Crippen LogP contribution >= 0.6 is 0 Å². The van der Waals surface area contributed by atoms with Gasteiger partial charge in [-0.2, -0.15) is 13.2 Å². The molecule has 1 aliphatic heterocycles. The summed E-state index contributed by atoms with van der Waals surface area (Å²) in [5, 5.41) is 3.03. The molecule has 1 saturated heterocycles. The number of rotatable bonds is 6. The molecule has 0 aromatic heterocycles. The molecule has 1 aromatic carbocycles. The Morgan fingerprint density at radius 2 is 1.79 bits per heavy atom. The van der Waals surface area contributed by atoms with E-state index in [1.54, 1.807) is 18.2 Å². The van der Waals surface area contributed by atoms with E-state index in [1.807, 2.05) is 0 Å². The first-order chi connectivity index (χ1) is 16.0. The number of halogens is 3. The molecule has 3 unspecified atom stereocenters. The number of alkyl halides is 3. The SMILES string of the molecule is NC(=O)C1=CC=CC(C2CCNC2)(C(F)(F)F)C1C1(CS(=O)(=O)c2ccccc2)CCCCC1. The molecule has 2 aliphatic carbocycles. The van der Waals surface area contributed by atoms with Crippen LogP contribution < -0.4 is 11.1 Å². The van der Waals surface area contributed by atoms with Crippen LogP contribution in [0.15, 0.2) is 59.0 Å². The number of benzene rings is 1. The van der Waals surface area contributed by atoms with Gasteiger partial charge >= 0.3 is 6.18 Å². The maximum atomic E-state index is 15.2. The van der Waals surface area contributed by atoms with Crippen molar-refractivity contribution in [2.75, 3.05) is 18.8 Å². The van der Waals surface area contributed by atoms with E-state index in [0.29, 0.717) is 32.2 Å². The first-order valence-electron chi connectivity index (χ1n) is 11.8. The molecule has 0 radical (unpaired) electrons. The predicted molar refractivity (Wildman–Crippen MR) is 123 cm³/mol. The Kier molecular flexibility index (Phi) is 6.72. The number of primary amides is 1. The van der Waals surface area contributed by atoms with Gasteiger partial charge in [0.05, 0.1) is 16.1 Å². The Bertz CT molecular complexity index is 1070. The lowest BCUT2D eigenvalue weighted by molar-refractivity contribution is -0.250. The van der Waals surface area contributed by atoms with Gasteiger partial charge in [-0.15, -0.1) is 0 Å². The average molecular weight is 497 g/mol. The summed E-state index contributed by atoms with van der Waals surface area (Å²) in [5.74, 6) is -3.57. The van der Waals surface area contributed by atoms with Gasteiger partial charge in [-0.1, -0.05) is 55.7 Å². The molecule has 2 fully saturated rings. The number of carbonyl (C=O) groups is 1. The zero-order chi connectivity index (χ0) is 24.6. The number of nitrogens with two attached hydrogens (primary N) is 1. The van der Waals surface area contributed by atoms with E-state index in [-0.39, 0.29) is 23.4 Å². The van der Waals surface area contributed by atoms with Gasteiger partial charge in [0.2, 0.25) is 5.91 Å². The topological polar surface area (TPSA) is 89.3 Å². The maximum Gasteiger partial charge on any atom is 0.398 e. The van der Waals surface area contributed by atoms with Crippen molar-refractivity contribution in [2.45, 2.75) is 49.6 Å². The normalized spacial score (nSPS) is 29.6. The molecule has 1 heterocycles. The van der Waals surface area contributed by atoms with Crippen LogP contribution in [0.5, 0.6) is 0 Å². The third kappa shape index (κ3) is 4.21. The summed E-state index contributed by atoms with van der Waals surface area (Å²) in [5.41, 5.74) is 1.93. The van der Waals surface area contributed by atoms with E-state index >= 15 is 13.2 Å². The van der Waals surface area contributed by atoms with Crippen LogP contribution in [0.1, 0.15) is 38.5 Å². The first-order valence-corrected chi connectivity index (χ1v) is 13.4. The van der Waals surface area contributed by atoms with Crippen LogP contribution in [0, 0.1) is 22.7 Å². The van der Waals surface area contributed by atoms with Crippen LogP contribution in [0.2, 0.25) is 0 Å². The minimum Gasteiger partial charge on any atom is -0.366 e. The fraction of sp³-hybridized carbons (Fsp3) is 0.560. The number of nitrogens with one attached hydrogen (secondary N) is 1. The van der Waals surface area contributed by atoms with Gasteiger partial charge in [0.25, 0.3) is 0 Å². The van der Waals surface area contributed by atoms with Crippen molar-refractivity contribution in [3.05, 3.63) is 54.1 Å². The van der Waals surface area contributed by atoms with Crippen LogP contribution in [0.4, 0.5) is 13.2 Å². The molecule has 0 bridgehead atoms. The largest absolute Gasteiger partial charge is 0.398 e. The van der Waals surface area contributed by atoms with Gasteiger partial charge in [-0.3, -0.25) is 4.79 Å². The van der Waals surface area contributed by atoms with Crippen molar-refractivity contribution in [3.63, 3.8) is 0 Å². The second-order valence-electron chi connectivity index (χ2n) is 9.89. The third-order valence-corrected chi connectivity index (χ3v) is 9.93. The lowest BCUT2D eigenvalue weighted by Crippen LogP contribution is -2.59. The number of hydrogen-bond acceptors (Lipinski definition) is 4. The fourth-order valence-electron chi connectivity index (χ4n) is 6.61. The summed E-state index contributed by atoms with van der Waals surface area (Å²) in [6.07, 6.45) is 2.02. The van der Waals surface area contributed by atoms with Gasteiger partial charge < -0.3 is 11.1 Å². The Morgan fingerprint density at radius 1 is 1.12 bits per heavy atom. The number of amides is 1. The lowest BCUT2D eigenvalue weighted by atomic mass is 9.50. The van der Waals surface area contributed by atoms with Gasteiger partial charge in [0.1, 0.15) is 0 Å². The molecule has 0 spiro atoms. The number of allylic oxidation sites excluding steroid dienone is 3. The van der Waals surface area contributed by atoms with E-state index in [0.717, 1.165) is 6.42 Å². The molecular weight excluding hydrogens is 465 g/mol. The Labute approximate surface area is 198 Å². The molecule has 34 heavy (non-hydrogen) atoms. The van der Waals surface area contributed by atoms with Gasteiger partial charge in [-0.25, -0.2) is 8.42 Å². The van der Waals surface area contributed by atoms with Crippen LogP contribution in [-0.4, -0.2) is 39.3 Å². The zero-order valence-corrected chi connectivity index (χ0v) is 19.8. The molecule has 1 saturated carbocycles. The van der Waals surface area contributed by atoms with Crippen molar-refractivity contribution in [1.82, 2.24) is 5.32 Å². The van der Waals surface area contributed by atoms with Crippen LogP contribution in [0.3, 0.4) is 0 Å². The van der Waals surface area contributed by atoms with Gasteiger partial charge in [0, 0.05) is 11.5 Å². The molecule has 3 aliphatic rings. The van der Waals surface area contributed by atoms with E-state index < -0.39 is 50.3 Å². The van der Waals surface area contributed by atoms with E-state index in [2.05, 4.69) is 5.32 Å². The minimum atomic E-state index is -4.69. The van der Waals surface area contributed by atoms with Crippen LogP contribution in [-0.2, 0) is 14.6 Å². The summed E-state index contributed by atoms with van der Waals surface area (Å²) in [6.45, 7) is 0.585. The molecule has 3 N–H and O–H groups in total. The van der Waals surface area contributed by atoms with E-state index in [4.69, 9.17) is 5.73 Å². The Hall–Kier alpha value is -2.13. The fourth-order valence-corrected chi connectivity index (χ4v) is 8.56. The summed E-state index contributed by atoms with van der Waals surface area (Å²) >= 11 is 0. The van der Waals surface area contributed by atoms with E-state index in [9.17, 15) is 13.2 Å². The second-order valence-corrected chi connectivity index (χ2v) is 11.9. The maximum absolute atomic E-state index is 15.2. The molecule has 3 atom stereocenters. The van der Waals surface area contributed by atoms with Crippen LogP contribution in [0.25, 0.3) is 0 Å². The molecular formula is C25H31F3N2O3S. The quantitative estimate of drug-likeness (QED) is 0.619. The average Bonchev–Trinajstić information content (AvgIpc) is 3.34. The van der Waals surface area contributed by atoms with Crippen molar-refractivity contribution in [2.24, 2.45) is 28.4 Å². The van der Waals surface area contributed by atoms with E-state index in [1.165, 1.54) is 30.4 Å². The van der Waals surface area contributed by atoms with Crippen molar-refractivity contribution >= 4 is 15.7 Å². The van der Waals surface area contributed by atoms with Gasteiger partial charge in [0.15, 0.2) is 9.84 Å². The number of hydrogen-bond donors (Lipinski definition) is 2. The van der Waals surface area contributed by atoms with Crippen molar-refractivity contribution in [3.8, 4) is 0 Å². The summed E-state index contributed by atoms with van der Waals surface area (Å²) in [7, 11) is -3.92. The minimum absolute atomic E-state index is 0.0797. The molecule has 1 amide bonds.